The van der Waals surface area contributed by atoms with Gasteiger partial charge < -0.3 is 11.1 Å². The highest BCUT2D eigenvalue weighted by molar-refractivity contribution is 7.98. The Kier molecular flexibility index (Phi) is 5.28. The molecule has 19 heavy (non-hydrogen) atoms. The zero-order valence-corrected chi connectivity index (χ0v) is 12.2. The van der Waals surface area contributed by atoms with E-state index >= 15 is 0 Å². The number of benzene rings is 1. The summed E-state index contributed by atoms with van der Waals surface area (Å²) in [4.78, 5) is 13.4. The van der Waals surface area contributed by atoms with Gasteiger partial charge in [0, 0.05) is 23.0 Å². The van der Waals surface area contributed by atoms with E-state index in [1.165, 1.54) is 30.6 Å². The van der Waals surface area contributed by atoms with Gasteiger partial charge in [0.25, 0.3) is 5.91 Å². The van der Waals surface area contributed by atoms with Gasteiger partial charge in [-0.05, 0) is 49.3 Å². The molecule has 0 bridgehead atoms. The summed E-state index contributed by atoms with van der Waals surface area (Å²) in [6.45, 7) is 0.527. The smallest absolute Gasteiger partial charge is 0.251 e. The van der Waals surface area contributed by atoms with Crippen LogP contribution >= 0.6 is 11.8 Å². The first kappa shape index (κ1) is 14.4. The van der Waals surface area contributed by atoms with Gasteiger partial charge in [-0.2, -0.15) is 0 Å². The number of hydrogen-bond acceptors (Lipinski definition) is 3. The molecule has 0 spiro atoms. The highest BCUT2D eigenvalue weighted by Crippen LogP contribution is 2.27. The Labute approximate surface area is 119 Å². The van der Waals surface area contributed by atoms with Gasteiger partial charge in [-0.25, -0.2) is 0 Å². The number of amides is 1. The lowest BCUT2D eigenvalue weighted by Gasteiger charge is -2.23. The van der Waals surface area contributed by atoms with Crippen molar-refractivity contribution in [2.24, 2.45) is 11.7 Å². The predicted octanol–water partition coefficient (Wildman–Crippen LogP) is 2.66. The molecule has 1 unspecified atom stereocenters. The summed E-state index contributed by atoms with van der Waals surface area (Å²) in [5.41, 5.74) is 6.52. The fourth-order valence-corrected chi connectivity index (χ4v) is 3.13. The average Bonchev–Trinajstić information content (AvgIpc) is 2.98. The van der Waals surface area contributed by atoms with Crippen molar-refractivity contribution in [3.05, 3.63) is 29.8 Å². The predicted molar refractivity (Wildman–Crippen MR) is 80.5 cm³/mol. The maximum Gasteiger partial charge on any atom is 0.251 e. The summed E-state index contributed by atoms with van der Waals surface area (Å²) in [5, 5.41) is 3.09. The highest BCUT2D eigenvalue weighted by atomic mass is 32.2. The molecule has 104 valence electrons. The van der Waals surface area contributed by atoms with Crippen molar-refractivity contribution >= 4 is 17.7 Å². The van der Waals surface area contributed by atoms with E-state index in [0.717, 1.165) is 0 Å². The number of hydrogen-bond donors (Lipinski definition) is 2. The second-order valence-electron chi connectivity index (χ2n) is 5.09. The van der Waals surface area contributed by atoms with E-state index < -0.39 is 0 Å². The van der Waals surface area contributed by atoms with Crippen LogP contribution in [-0.2, 0) is 0 Å². The van der Waals surface area contributed by atoms with Crippen molar-refractivity contribution < 1.29 is 4.79 Å². The molecule has 4 heteroatoms. The van der Waals surface area contributed by atoms with Crippen molar-refractivity contribution in [1.29, 1.82) is 0 Å². The molecule has 3 nitrogen and oxygen atoms in total. The van der Waals surface area contributed by atoms with E-state index in [0.29, 0.717) is 18.0 Å². The molecule has 1 aliphatic carbocycles. The monoisotopic (exact) mass is 278 g/mol. The van der Waals surface area contributed by atoms with Crippen LogP contribution in [0.1, 0.15) is 36.0 Å². The molecule has 1 aromatic carbocycles. The van der Waals surface area contributed by atoms with Crippen LogP contribution in [0.25, 0.3) is 0 Å². The normalized spacial score (nSPS) is 17.4. The lowest BCUT2D eigenvalue weighted by molar-refractivity contribution is 0.0924. The summed E-state index contributed by atoms with van der Waals surface area (Å²) in [6, 6.07) is 7.83. The van der Waals surface area contributed by atoms with Gasteiger partial charge in [-0.1, -0.05) is 12.8 Å². The summed E-state index contributed by atoms with van der Waals surface area (Å²) >= 11 is 1.68. The highest BCUT2D eigenvalue weighted by Gasteiger charge is 2.25. The average molecular weight is 278 g/mol. The quantitative estimate of drug-likeness (QED) is 0.814. The lowest BCUT2D eigenvalue weighted by atomic mass is 9.98. The van der Waals surface area contributed by atoms with E-state index in [-0.39, 0.29) is 11.9 Å². The molecule has 1 fully saturated rings. The zero-order chi connectivity index (χ0) is 13.7. The minimum atomic E-state index is -0.00463. The fraction of sp³-hybridized carbons (Fsp3) is 0.533. The van der Waals surface area contributed by atoms with Crippen LogP contribution in [0, 0.1) is 5.92 Å². The molecule has 1 amide bonds. The van der Waals surface area contributed by atoms with Gasteiger partial charge in [-0.3, -0.25) is 4.79 Å². The summed E-state index contributed by atoms with van der Waals surface area (Å²) in [5.74, 6) is 0.550. The zero-order valence-electron chi connectivity index (χ0n) is 11.4. The molecule has 0 radical (unpaired) electrons. The van der Waals surface area contributed by atoms with Crippen LogP contribution in [0.2, 0.25) is 0 Å². The Hall–Kier alpha value is -1.00. The summed E-state index contributed by atoms with van der Waals surface area (Å²) < 4.78 is 0. The second-order valence-corrected chi connectivity index (χ2v) is 5.97. The van der Waals surface area contributed by atoms with Crippen molar-refractivity contribution in [3.63, 3.8) is 0 Å². The largest absolute Gasteiger partial charge is 0.348 e. The van der Waals surface area contributed by atoms with E-state index in [9.17, 15) is 4.79 Å². The minimum Gasteiger partial charge on any atom is -0.348 e. The van der Waals surface area contributed by atoms with E-state index in [1.54, 1.807) is 11.8 Å². The lowest BCUT2D eigenvalue weighted by Crippen LogP contribution is -2.44. The molecule has 0 saturated heterocycles. The van der Waals surface area contributed by atoms with Crippen LogP contribution in [0.5, 0.6) is 0 Å². The number of nitrogens with one attached hydrogen (secondary N) is 1. The van der Waals surface area contributed by atoms with Crippen LogP contribution in [0.15, 0.2) is 29.2 Å². The molecule has 1 aliphatic rings. The Morgan fingerprint density at radius 1 is 1.37 bits per heavy atom. The molecular weight excluding hydrogens is 256 g/mol. The number of rotatable bonds is 5. The van der Waals surface area contributed by atoms with Crippen LogP contribution in [0.3, 0.4) is 0 Å². The summed E-state index contributed by atoms with van der Waals surface area (Å²) in [7, 11) is 0. The maximum absolute atomic E-state index is 12.2. The first-order chi connectivity index (χ1) is 9.24. The van der Waals surface area contributed by atoms with Crippen molar-refractivity contribution in [3.8, 4) is 0 Å². The first-order valence-corrected chi connectivity index (χ1v) is 8.12. The molecular formula is C15H22N2OS. The SMILES string of the molecule is CSc1ccc(C(=O)NC(CN)C2CCCC2)cc1. The van der Waals surface area contributed by atoms with Crippen molar-refractivity contribution in [2.45, 2.75) is 36.6 Å². The molecule has 3 N–H and O–H groups in total. The topological polar surface area (TPSA) is 55.1 Å². The van der Waals surface area contributed by atoms with Crippen molar-refractivity contribution in [2.75, 3.05) is 12.8 Å². The van der Waals surface area contributed by atoms with Gasteiger partial charge in [0.2, 0.25) is 0 Å². The maximum atomic E-state index is 12.2. The first-order valence-electron chi connectivity index (χ1n) is 6.89. The van der Waals surface area contributed by atoms with Crippen LogP contribution < -0.4 is 11.1 Å². The van der Waals surface area contributed by atoms with E-state index in [4.69, 9.17) is 5.73 Å². The third kappa shape index (κ3) is 3.74. The number of thioether (sulfide) groups is 1. The van der Waals surface area contributed by atoms with Gasteiger partial charge in [0.15, 0.2) is 0 Å². The number of carbonyl (C=O) groups excluding carboxylic acids is 1. The van der Waals surface area contributed by atoms with Crippen LogP contribution in [0.4, 0.5) is 0 Å². The number of carbonyl (C=O) groups is 1. The van der Waals surface area contributed by atoms with Gasteiger partial charge in [0.1, 0.15) is 0 Å². The molecule has 0 heterocycles. The van der Waals surface area contributed by atoms with Crippen molar-refractivity contribution in [1.82, 2.24) is 5.32 Å². The Bertz CT molecular complexity index is 413. The molecule has 1 saturated carbocycles. The van der Waals surface area contributed by atoms with E-state index in [1.807, 2.05) is 30.5 Å². The third-order valence-electron chi connectivity index (χ3n) is 3.89. The fourth-order valence-electron chi connectivity index (χ4n) is 2.72. The third-order valence-corrected chi connectivity index (χ3v) is 4.64. The van der Waals surface area contributed by atoms with Gasteiger partial charge in [0.05, 0.1) is 0 Å². The Morgan fingerprint density at radius 3 is 2.53 bits per heavy atom. The molecule has 1 atom stereocenters. The molecule has 1 aromatic rings. The second kappa shape index (κ2) is 6.96. The van der Waals surface area contributed by atoms with Gasteiger partial charge in [-0.15, -0.1) is 11.8 Å². The number of nitrogens with two attached hydrogens (primary N) is 1. The minimum absolute atomic E-state index is 0.00463. The van der Waals surface area contributed by atoms with Crippen LogP contribution in [-0.4, -0.2) is 24.7 Å². The molecule has 0 aromatic heterocycles. The standard InChI is InChI=1S/C15H22N2OS/c1-19-13-8-6-12(7-9-13)15(18)17-14(10-16)11-4-2-3-5-11/h6-9,11,14H,2-5,10,16H2,1H3,(H,17,18). The molecule has 0 aliphatic heterocycles. The van der Waals surface area contributed by atoms with Gasteiger partial charge >= 0.3 is 0 Å². The Balaban J connectivity index is 1.97. The Morgan fingerprint density at radius 2 is 2.00 bits per heavy atom. The molecule has 2 rings (SSSR count). The summed E-state index contributed by atoms with van der Waals surface area (Å²) in [6.07, 6.45) is 6.93. The van der Waals surface area contributed by atoms with E-state index in [2.05, 4.69) is 5.32 Å².